The number of hydrogen-bond acceptors (Lipinski definition) is 3. The zero-order chi connectivity index (χ0) is 18.4. The van der Waals surface area contributed by atoms with E-state index >= 15 is 0 Å². The Labute approximate surface area is 148 Å². The van der Waals surface area contributed by atoms with Gasteiger partial charge in [0.05, 0.1) is 5.56 Å². The van der Waals surface area contributed by atoms with E-state index in [2.05, 4.69) is 0 Å². The van der Waals surface area contributed by atoms with Crippen molar-refractivity contribution in [1.29, 1.82) is 0 Å². The first-order valence-electron chi connectivity index (χ1n) is 8.03. The largest absolute Gasteiger partial charge is 0.416 e. The molecule has 1 saturated carbocycles. The van der Waals surface area contributed by atoms with Gasteiger partial charge in [-0.25, -0.2) is 9.78 Å². The summed E-state index contributed by atoms with van der Waals surface area (Å²) in [6, 6.07) is 3.18. The Balaban J connectivity index is 1.81. The van der Waals surface area contributed by atoms with Crippen LogP contribution in [0.15, 0.2) is 24.3 Å². The van der Waals surface area contributed by atoms with Gasteiger partial charge >= 0.3 is 6.18 Å². The predicted molar refractivity (Wildman–Crippen MR) is 86.7 cm³/mol. The van der Waals surface area contributed by atoms with Crippen molar-refractivity contribution in [2.45, 2.75) is 44.6 Å². The highest BCUT2D eigenvalue weighted by atomic mass is 35.5. The normalized spacial score (nSPS) is 33.0. The number of halogens is 4. The minimum Gasteiger partial charge on any atom is -0.299 e. The summed E-state index contributed by atoms with van der Waals surface area (Å²) in [5, 5.41) is -0.00220. The van der Waals surface area contributed by atoms with Crippen LogP contribution < -0.4 is 0 Å². The third-order valence-corrected chi connectivity index (χ3v) is 5.44. The molecule has 0 amide bonds. The van der Waals surface area contributed by atoms with Crippen molar-refractivity contribution in [3.63, 3.8) is 0 Å². The number of Topliss-reactive ketones (excluding diaryl/α,β-unsaturated/α-hetero) is 1. The lowest BCUT2D eigenvalue weighted by atomic mass is 9.71. The third kappa shape index (κ3) is 3.61. The summed E-state index contributed by atoms with van der Waals surface area (Å²) in [5.74, 6) is -0.0923. The van der Waals surface area contributed by atoms with Crippen LogP contribution in [0.1, 0.15) is 37.8 Å². The van der Waals surface area contributed by atoms with Crippen LogP contribution in [0.5, 0.6) is 0 Å². The molecule has 136 valence electrons. The number of ketones is 1. The molecule has 2 fully saturated rings. The fourth-order valence-electron chi connectivity index (χ4n) is 3.25. The number of carbonyl (C=O) groups excluding carboxylic acids is 1. The number of hydrogen-bond donors (Lipinski definition) is 0. The van der Waals surface area contributed by atoms with Gasteiger partial charge in [-0.15, -0.1) is 0 Å². The molecule has 0 aromatic heterocycles. The van der Waals surface area contributed by atoms with E-state index in [1.807, 2.05) is 6.92 Å². The molecule has 1 aromatic rings. The van der Waals surface area contributed by atoms with Crippen LogP contribution in [0.25, 0.3) is 6.08 Å². The quantitative estimate of drug-likeness (QED) is 0.677. The lowest BCUT2D eigenvalue weighted by Gasteiger charge is -2.45. The molecule has 1 saturated heterocycles. The Morgan fingerprint density at radius 1 is 1.36 bits per heavy atom. The monoisotopic (exact) mass is 374 g/mol. The second-order valence-electron chi connectivity index (χ2n) is 6.86. The van der Waals surface area contributed by atoms with E-state index in [0.29, 0.717) is 18.4 Å². The van der Waals surface area contributed by atoms with Gasteiger partial charge in [-0.1, -0.05) is 30.7 Å². The molecule has 0 unspecified atom stereocenters. The first-order chi connectivity index (χ1) is 11.6. The summed E-state index contributed by atoms with van der Waals surface area (Å²) in [4.78, 5) is 23.0. The molecular weight excluding hydrogens is 357 g/mol. The van der Waals surface area contributed by atoms with Crippen LogP contribution >= 0.6 is 11.6 Å². The van der Waals surface area contributed by atoms with E-state index in [0.717, 1.165) is 12.1 Å². The Morgan fingerprint density at radius 2 is 2.08 bits per heavy atom. The van der Waals surface area contributed by atoms with Crippen molar-refractivity contribution >= 4 is 23.5 Å². The summed E-state index contributed by atoms with van der Waals surface area (Å²) in [7, 11) is 0. The Bertz CT molecular complexity index is 716. The second kappa shape index (κ2) is 6.41. The van der Waals surface area contributed by atoms with Gasteiger partial charge in [-0.2, -0.15) is 13.2 Å². The maximum Gasteiger partial charge on any atom is 0.416 e. The van der Waals surface area contributed by atoms with E-state index in [-0.39, 0.29) is 28.7 Å². The third-order valence-electron chi connectivity index (χ3n) is 5.11. The van der Waals surface area contributed by atoms with Gasteiger partial charge in [0.2, 0.25) is 0 Å². The molecule has 4 atom stereocenters. The number of benzene rings is 1. The first kappa shape index (κ1) is 18.4. The number of alkyl halides is 3. The van der Waals surface area contributed by atoms with Crippen molar-refractivity contribution in [3.8, 4) is 0 Å². The van der Waals surface area contributed by atoms with E-state index in [9.17, 15) is 18.0 Å². The zero-order valence-corrected chi connectivity index (χ0v) is 14.5. The first-order valence-corrected chi connectivity index (χ1v) is 8.41. The SMILES string of the molecule is C[C@@H]1C(=O)C[C@H]2C[C@@H]1OO[C@@]2(C)/C=C\c1ccc(C(F)(F)F)cc1Cl. The molecule has 1 heterocycles. The van der Waals surface area contributed by atoms with Crippen molar-refractivity contribution < 1.29 is 27.7 Å². The number of fused-ring (bicyclic) bond motifs is 2. The molecule has 3 rings (SSSR count). The number of rotatable bonds is 2. The van der Waals surface area contributed by atoms with Crippen molar-refractivity contribution in [3.05, 3.63) is 40.4 Å². The van der Waals surface area contributed by atoms with Gasteiger partial charge in [-0.3, -0.25) is 4.79 Å². The van der Waals surface area contributed by atoms with Gasteiger partial charge in [-0.05, 0) is 37.1 Å². The van der Waals surface area contributed by atoms with Gasteiger partial charge in [0.1, 0.15) is 17.5 Å². The molecule has 25 heavy (non-hydrogen) atoms. The van der Waals surface area contributed by atoms with Crippen LogP contribution in [0.3, 0.4) is 0 Å². The van der Waals surface area contributed by atoms with E-state index < -0.39 is 17.3 Å². The van der Waals surface area contributed by atoms with E-state index in [4.69, 9.17) is 21.4 Å². The van der Waals surface area contributed by atoms with Crippen molar-refractivity contribution in [2.75, 3.05) is 0 Å². The maximum atomic E-state index is 12.7. The van der Waals surface area contributed by atoms with E-state index in [1.54, 1.807) is 19.1 Å². The molecule has 3 nitrogen and oxygen atoms in total. The minimum atomic E-state index is -4.44. The molecule has 2 bridgehead atoms. The highest BCUT2D eigenvalue weighted by Crippen LogP contribution is 2.43. The summed E-state index contributed by atoms with van der Waals surface area (Å²) in [6.45, 7) is 3.62. The molecular formula is C18H18ClF3O3. The Hall–Kier alpha value is -1.37. The number of carbonyl (C=O) groups is 1. The van der Waals surface area contributed by atoms with E-state index in [1.165, 1.54) is 6.07 Å². The molecule has 2 aliphatic rings. The zero-order valence-electron chi connectivity index (χ0n) is 13.8. The van der Waals surface area contributed by atoms with Crippen molar-refractivity contribution in [2.24, 2.45) is 11.8 Å². The molecule has 1 aromatic carbocycles. The lowest BCUT2D eigenvalue weighted by Crippen LogP contribution is -2.51. The summed E-state index contributed by atoms with van der Waals surface area (Å²) < 4.78 is 38.1. The molecule has 0 N–H and O–H groups in total. The summed E-state index contributed by atoms with van der Waals surface area (Å²) in [6.07, 6.45) is -0.286. The topological polar surface area (TPSA) is 35.5 Å². The van der Waals surface area contributed by atoms with Gasteiger partial charge in [0, 0.05) is 23.3 Å². The Kier molecular flexibility index (Phi) is 4.73. The second-order valence-corrected chi connectivity index (χ2v) is 7.27. The molecule has 0 radical (unpaired) electrons. The van der Waals surface area contributed by atoms with Crippen LogP contribution in [0, 0.1) is 11.8 Å². The fraction of sp³-hybridized carbons (Fsp3) is 0.500. The molecule has 7 heteroatoms. The Morgan fingerprint density at radius 3 is 2.72 bits per heavy atom. The smallest absolute Gasteiger partial charge is 0.299 e. The van der Waals surface area contributed by atoms with Gasteiger partial charge < -0.3 is 0 Å². The van der Waals surface area contributed by atoms with Gasteiger partial charge in [0.25, 0.3) is 0 Å². The fourth-order valence-corrected chi connectivity index (χ4v) is 3.50. The predicted octanol–water partition coefficient (Wildman–Crippen LogP) is 5.08. The highest BCUT2D eigenvalue weighted by molar-refractivity contribution is 6.32. The molecule has 0 spiro atoms. The van der Waals surface area contributed by atoms with Crippen LogP contribution in [-0.4, -0.2) is 17.5 Å². The standard InChI is InChI=1S/C18H18ClF3O3/c1-10-15(23)8-13-9-16(10)24-25-17(13,2)6-5-11-3-4-12(7-14(11)19)18(20,21)22/h3-7,10,13,16H,8-9H2,1-2H3/b6-5-/t10-,13+,16+,17+/m1/s1. The lowest BCUT2D eigenvalue weighted by molar-refractivity contribution is -0.415. The van der Waals surface area contributed by atoms with Gasteiger partial charge in [0.15, 0.2) is 0 Å². The van der Waals surface area contributed by atoms with Crippen molar-refractivity contribution in [1.82, 2.24) is 0 Å². The van der Waals surface area contributed by atoms with Crippen LogP contribution in [0.4, 0.5) is 13.2 Å². The highest BCUT2D eigenvalue weighted by Gasteiger charge is 2.48. The molecule has 1 aliphatic carbocycles. The molecule has 1 aliphatic heterocycles. The summed E-state index contributed by atoms with van der Waals surface area (Å²) >= 11 is 5.97. The van der Waals surface area contributed by atoms with Crippen LogP contribution in [0.2, 0.25) is 5.02 Å². The minimum absolute atomic E-state index is 0.00220. The average molecular weight is 375 g/mol. The maximum absolute atomic E-state index is 12.7. The van der Waals surface area contributed by atoms with Crippen LogP contribution in [-0.2, 0) is 20.7 Å². The summed E-state index contributed by atoms with van der Waals surface area (Å²) in [5.41, 5.74) is -1.19. The average Bonchev–Trinajstić information content (AvgIpc) is 2.53.